The molecule has 0 saturated heterocycles. The number of nitrogens with one attached hydrogen (secondary N) is 2. The Morgan fingerprint density at radius 1 is 1.10 bits per heavy atom. The van der Waals surface area contributed by atoms with Gasteiger partial charge in [-0.3, -0.25) is 9.59 Å². The number of amides is 2. The average Bonchev–Trinajstić information content (AvgIpc) is 2.77. The molecule has 7 nitrogen and oxygen atoms in total. The highest BCUT2D eigenvalue weighted by Crippen LogP contribution is 2.19. The van der Waals surface area contributed by atoms with Crippen LogP contribution in [0.4, 0.5) is 0 Å². The van der Waals surface area contributed by atoms with E-state index in [1.165, 1.54) is 18.4 Å². The van der Waals surface area contributed by atoms with Crippen molar-refractivity contribution in [2.75, 3.05) is 19.8 Å². The Morgan fingerprint density at radius 2 is 1.84 bits per heavy atom. The lowest BCUT2D eigenvalue weighted by molar-refractivity contribution is -0.151. The van der Waals surface area contributed by atoms with Gasteiger partial charge in [0, 0.05) is 12.1 Å². The third kappa shape index (κ3) is 8.44. The maximum absolute atomic E-state index is 12.5. The highest BCUT2D eigenvalue weighted by atomic mass is 16.5. The quantitative estimate of drug-likeness (QED) is 0.415. The van der Waals surface area contributed by atoms with Crippen molar-refractivity contribution in [3.05, 3.63) is 41.5 Å². The molecule has 0 aliphatic heterocycles. The summed E-state index contributed by atoms with van der Waals surface area (Å²) in [5.41, 5.74) is 1.79. The van der Waals surface area contributed by atoms with Crippen LogP contribution in [0.15, 0.2) is 35.9 Å². The number of hydrogen-bond acceptors (Lipinski definition) is 5. The SMILES string of the molecule is CCOc1ccc(C(=O)N[C@H](C(=O)OCC(=O)NCCC2=CCCCC2)C(C)C)cc1. The van der Waals surface area contributed by atoms with E-state index in [1.807, 2.05) is 20.8 Å². The Labute approximate surface area is 184 Å². The molecule has 1 aromatic rings. The minimum atomic E-state index is -0.848. The van der Waals surface area contributed by atoms with Crippen LogP contribution in [0.1, 0.15) is 63.2 Å². The predicted molar refractivity (Wildman–Crippen MR) is 119 cm³/mol. The molecule has 0 heterocycles. The Hall–Kier alpha value is -2.83. The van der Waals surface area contributed by atoms with Gasteiger partial charge in [0.25, 0.3) is 11.8 Å². The second-order valence-electron chi connectivity index (χ2n) is 7.97. The number of hydrogen-bond donors (Lipinski definition) is 2. The van der Waals surface area contributed by atoms with E-state index in [2.05, 4.69) is 16.7 Å². The van der Waals surface area contributed by atoms with E-state index in [4.69, 9.17) is 9.47 Å². The van der Waals surface area contributed by atoms with Crippen LogP contribution in [-0.4, -0.2) is 43.6 Å². The van der Waals surface area contributed by atoms with Gasteiger partial charge in [0.1, 0.15) is 11.8 Å². The fourth-order valence-corrected chi connectivity index (χ4v) is 3.36. The number of benzene rings is 1. The minimum absolute atomic E-state index is 0.194. The van der Waals surface area contributed by atoms with Crippen molar-refractivity contribution in [1.29, 1.82) is 0 Å². The van der Waals surface area contributed by atoms with Gasteiger partial charge in [0.15, 0.2) is 6.61 Å². The second kappa shape index (κ2) is 12.8. The molecule has 0 saturated carbocycles. The third-order valence-electron chi connectivity index (χ3n) is 5.13. The summed E-state index contributed by atoms with van der Waals surface area (Å²) in [5.74, 6) is -0.876. The molecule has 2 N–H and O–H groups in total. The summed E-state index contributed by atoms with van der Waals surface area (Å²) in [7, 11) is 0. The van der Waals surface area contributed by atoms with Crippen molar-refractivity contribution in [1.82, 2.24) is 10.6 Å². The first-order chi connectivity index (χ1) is 14.9. The zero-order valence-electron chi connectivity index (χ0n) is 18.7. The smallest absolute Gasteiger partial charge is 0.329 e. The van der Waals surface area contributed by atoms with Crippen molar-refractivity contribution in [3.63, 3.8) is 0 Å². The van der Waals surface area contributed by atoms with Crippen LogP contribution >= 0.6 is 0 Å². The molecule has 0 radical (unpaired) electrons. The van der Waals surface area contributed by atoms with Gasteiger partial charge in [-0.25, -0.2) is 4.79 Å². The van der Waals surface area contributed by atoms with E-state index in [1.54, 1.807) is 24.3 Å². The van der Waals surface area contributed by atoms with Crippen molar-refractivity contribution in [3.8, 4) is 5.75 Å². The highest BCUT2D eigenvalue weighted by Gasteiger charge is 2.26. The minimum Gasteiger partial charge on any atom is -0.494 e. The number of carbonyl (C=O) groups excluding carboxylic acids is 3. The standard InChI is InChI=1S/C24H34N2O5/c1-4-30-20-12-10-19(11-13-20)23(28)26-22(17(2)3)24(29)31-16-21(27)25-15-14-18-8-6-5-7-9-18/h8,10-13,17,22H,4-7,9,14-16H2,1-3H3,(H,25,27)(H,26,28)/t22-/m0/s1. The molecule has 1 aliphatic rings. The number of carbonyl (C=O) groups is 3. The molecule has 7 heteroatoms. The van der Waals surface area contributed by atoms with Gasteiger partial charge in [-0.15, -0.1) is 0 Å². The molecule has 1 aromatic carbocycles. The molecule has 2 rings (SSSR count). The monoisotopic (exact) mass is 430 g/mol. The number of ether oxygens (including phenoxy) is 2. The lowest BCUT2D eigenvalue weighted by Gasteiger charge is -2.21. The molecule has 0 spiro atoms. The molecule has 1 aliphatic carbocycles. The van der Waals surface area contributed by atoms with Gasteiger partial charge in [-0.05, 0) is 69.2 Å². The van der Waals surface area contributed by atoms with Crippen molar-refractivity contribution in [2.45, 2.75) is 58.9 Å². The Morgan fingerprint density at radius 3 is 2.45 bits per heavy atom. The lowest BCUT2D eigenvalue weighted by Crippen LogP contribution is -2.46. The number of allylic oxidation sites excluding steroid dienone is 1. The first-order valence-corrected chi connectivity index (χ1v) is 11.1. The topological polar surface area (TPSA) is 93.7 Å². The number of rotatable bonds is 11. The van der Waals surface area contributed by atoms with Crippen LogP contribution in [0.3, 0.4) is 0 Å². The van der Waals surface area contributed by atoms with Gasteiger partial charge in [-0.1, -0.05) is 25.5 Å². The summed E-state index contributed by atoms with van der Waals surface area (Å²) in [6.07, 6.45) is 7.71. The van der Waals surface area contributed by atoms with E-state index in [0.717, 1.165) is 19.3 Å². The number of esters is 1. The average molecular weight is 431 g/mol. The van der Waals surface area contributed by atoms with Gasteiger partial charge < -0.3 is 20.1 Å². The Kier molecular flexibility index (Phi) is 10.1. The molecular weight excluding hydrogens is 396 g/mol. The summed E-state index contributed by atoms with van der Waals surface area (Å²) in [6, 6.07) is 5.83. The van der Waals surface area contributed by atoms with Gasteiger partial charge >= 0.3 is 5.97 Å². The van der Waals surface area contributed by atoms with Crippen LogP contribution in [0.2, 0.25) is 0 Å². The Balaban J connectivity index is 1.79. The van der Waals surface area contributed by atoms with Crippen molar-refractivity contribution < 1.29 is 23.9 Å². The van der Waals surface area contributed by atoms with E-state index >= 15 is 0 Å². The van der Waals surface area contributed by atoms with Crippen molar-refractivity contribution >= 4 is 17.8 Å². The maximum atomic E-state index is 12.5. The first kappa shape index (κ1) is 24.4. The van der Waals surface area contributed by atoms with Crippen LogP contribution in [0.25, 0.3) is 0 Å². The van der Waals surface area contributed by atoms with Crippen LogP contribution in [0, 0.1) is 5.92 Å². The summed E-state index contributed by atoms with van der Waals surface area (Å²) in [5, 5.41) is 5.48. The van der Waals surface area contributed by atoms with Crippen LogP contribution < -0.4 is 15.4 Å². The second-order valence-corrected chi connectivity index (χ2v) is 7.97. The molecule has 31 heavy (non-hydrogen) atoms. The Bertz CT molecular complexity index is 771. The predicted octanol–water partition coefficient (Wildman–Crippen LogP) is 3.39. The summed E-state index contributed by atoms with van der Waals surface area (Å²) < 4.78 is 10.5. The van der Waals surface area contributed by atoms with Gasteiger partial charge in [0.05, 0.1) is 6.61 Å². The molecule has 0 bridgehead atoms. The molecule has 0 fully saturated rings. The van der Waals surface area contributed by atoms with E-state index in [9.17, 15) is 14.4 Å². The normalized spacial score (nSPS) is 14.4. The summed E-state index contributed by atoms with van der Waals surface area (Å²) in [4.78, 5) is 37.0. The van der Waals surface area contributed by atoms with Crippen LogP contribution in [-0.2, 0) is 14.3 Å². The third-order valence-corrected chi connectivity index (χ3v) is 5.13. The molecule has 0 unspecified atom stereocenters. The van der Waals surface area contributed by atoms with E-state index < -0.39 is 12.0 Å². The molecule has 0 aromatic heterocycles. The molecule has 170 valence electrons. The maximum Gasteiger partial charge on any atom is 0.329 e. The van der Waals surface area contributed by atoms with Crippen LogP contribution in [0.5, 0.6) is 5.75 Å². The van der Waals surface area contributed by atoms with Gasteiger partial charge in [-0.2, -0.15) is 0 Å². The first-order valence-electron chi connectivity index (χ1n) is 11.1. The largest absolute Gasteiger partial charge is 0.494 e. The molecule has 2 amide bonds. The van der Waals surface area contributed by atoms with Gasteiger partial charge in [0.2, 0.25) is 0 Å². The zero-order valence-corrected chi connectivity index (χ0v) is 18.7. The summed E-state index contributed by atoms with van der Waals surface area (Å²) in [6.45, 7) is 6.21. The molecular formula is C24H34N2O5. The fourth-order valence-electron chi connectivity index (χ4n) is 3.36. The van der Waals surface area contributed by atoms with E-state index in [0.29, 0.717) is 24.5 Å². The van der Waals surface area contributed by atoms with Crippen molar-refractivity contribution in [2.24, 2.45) is 5.92 Å². The van der Waals surface area contributed by atoms with E-state index in [-0.39, 0.29) is 24.3 Å². The molecule has 1 atom stereocenters. The summed E-state index contributed by atoms with van der Waals surface area (Å²) >= 11 is 0. The lowest BCUT2D eigenvalue weighted by atomic mass is 9.97. The highest BCUT2D eigenvalue weighted by molar-refractivity contribution is 5.97. The fraction of sp³-hybridized carbons (Fsp3) is 0.542. The zero-order chi connectivity index (χ0) is 22.6.